The van der Waals surface area contributed by atoms with E-state index < -0.39 is 6.10 Å². The Morgan fingerprint density at radius 2 is 1.83 bits per heavy atom. The molecule has 3 rings (SSSR count). The predicted octanol–water partition coefficient (Wildman–Crippen LogP) is 4.51. The molecule has 0 amide bonds. The van der Waals surface area contributed by atoms with Crippen LogP contribution in [0.2, 0.25) is 5.02 Å². The van der Waals surface area contributed by atoms with E-state index >= 15 is 0 Å². The predicted molar refractivity (Wildman–Crippen MR) is 95.6 cm³/mol. The Kier molecular flexibility index (Phi) is 5.88. The third-order valence-electron chi connectivity index (χ3n) is 4.80. The lowest BCUT2D eigenvalue weighted by Gasteiger charge is -2.32. The molecule has 0 aliphatic carbocycles. The Morgan fingerprint density at radius 1 is 1.12 bits per heavy atom. The summed E-state index contributed by atoms with van der Waals surface area (Å²) in [6.45, 7) is 0.962. The van der Waals surface area contributed by atoms with Gasteiger partial charge in [-0.05, 0) is 73.5 Å². The molecular formula is C20H23ClFNO. The molecule has 2 aromatic carbocycles. The standard InChI is InChI=1S/C20H23ClFNO/c21-17-5-3-16(4-6-17)20(24)13-19-12-15(9-10-23-19)11-14-1-7-18(22)8-2-14/h1-8,15,19-20,23-24H,9-13H2. The van der Waals surface area contributed by atoms with E-state index in [9.17, 15) is 9.50 Å². The minimum absolute atomic E-state index is 0.187. The molecule has 3 atom stereocenters. The number of halogens is 2. The fourth-order valence-corrected chi connectivity index (χ4v) is 3.63. The molecule has 2 aromatic rings. The second kappa shape index (κ2) is 8.11. The molecule has 1 aliphatic rings. The van der Waals surface area contributed by atoms with Crippen molar-refractivity contribution in [2.24, 2.45) is 5.92 Å². The zero-order chi connectivity index (χ0) is 16.9. The number of nitrogens with one attached hydrogen (secondary N) is 1. The molecule has 2 nitrogen and oxygen atoms in total. The number of hydrogen-bond acceptors (Lipinski definition) is 2. The summed E-state index contributed by atoms with van der Waals surface area (Å²) >= 11 is 5.90. The first-order valence-electron chi connectivity index (χ1n) is 8.51. The number of aliphatic hydroxyl groups is 1. The Bertz CT molecular complexity index is 644. The van der Waals surface area contributed by atoms with Gasteiger partial charge in [-0.2, -0.15) is 0 Å². The maximum Gasteiger partial charge on any atom is 0.123 e. The molecule has 4 heteroatoms. The van der Waals surface area contributed by atoms with Gasteiger partial charge in [0.15, 0.2) is 0 Å². The van der Waals surface area contributed by atoms with Crippen molar-refractivity contribution in [2.75, 3.05) is 6.54 Å². The Labute approximate surface area is 147 Å². The van der Waals surface area contributed by atoms with E-state index in [1.165, 1.54) is 17.7 Å². The van der Waals surface area contributed by atoms with Gasteiger partial charge in [0.1, 0.15) is 5.82 Å². The molecule has 1 fully saturated rings. The van der Waals surface area contributed by atoms with Crippen LogP contribution in [-0.4, -0.2) is 17.7 Å². The van der Waals surface area contributed by atoms with Crippen LogP contribution in [0.15, 0.2) is 48.5 Å². The fourth-order valence-electron chi connectivity index (χ4n) is 3.50. The van der Waals surface area contributed by atoms with Gasteiger partial charge >= 0.3 is 0 Å². The maximum atomic E-state index is 13.0. The lowest BCUT2D eigenvalue weighted by Crippen LogP contribution is -2.39. The average molecular weight is 348 g/mol. The summed E-state index contributed by atoms with van der Waals surface area (Å²) in [6, 6.07) is 14.5. The Balaban J connectivity index is 1.55. The number of rotatable bonds is 5. The van der Waals surface area contributed by atoms with Gasteiger partial charge in [0.05, 0.1) is 6.10 Å². The number of hydrogen-bond donors (Lipinski definition) is 2. The van der Waals surface area contributed by atoms with Crippen LogP contribution in [0.25, 0.3) is 0 Å². The molecule has 128 valence electrons. The van der Waals surface area contributed by atoms with Crippen molar-refractivity contribution in [1.29, 1.82) is 0 Å². The van der Waals surface area contributed by atoms with Crippen molar-refractivity contribution in [3.8, 4) is 0 Å². The number of benzene rings is 2. The molecule has 1 heterocycles. The average Bonchev–Trinajstić information content (AvgIpc) is 2.58. The summed E-state index contributed by atoms with van der Waals surface area (Å²) in [6.07, 6.45) is 3.33. The quantitative estimate of drug-likeness (QED) is 0.833. The zero-order valence-electron chi connectivity index (χ0n) is 13.6. The Morgan fingerprint density at radius 3 is 2.54 bits per heavy atom. The number of aliphatic hydroxyl groups excluding tert-OH is 1. The van der Waals surface area contributed by atoms with E-state index in [2.05, 4.69) is 5.32 Å². The molecule has 2 N–H and O–H groups in total. The van der Waals surface area contributed by atoms with Crippen molar-refractivity contribution < 1.29 is 9.50 Å². The van der Waals surface area contributed by atoms with E-state index in [-0.39, 0.29) is 5.82 Å². The monoisotopic (exact) mass is 347 g/mol. The number of piperidine rings is 1. The summed E-state index contributed by atoms with van der Waals surface area (Å²) in [5, 5.41) is 14.6. The molecule has 1 saturated heterocycles. The van der Waals surface area contributed by atoms with Crippen molar-refractivity contribution in [2.45, 2.75) is 37.8 Å². The van der Waals surface area contributed by atoms with Crippen LogP contribution in [0.5, 0.6) is 0 Å². The van der Waals surface area contributed by atoms with E-state index in [0.717, 1.165) is 31.4 Å². The molecule has 0 radical (unpaired) electrons. The van der Waals surface area contributed by atoms with Crippen molar-refractivity contribution in [3.63, 3.8) is 0 Å². The molecule has 0 aromatic heterocycles. The topological polar surface area (TPSA) is 32.3 Å². The van der Waals surface area contributed by atoms with Crippen molar-refractivity contribution >= 4 is 11.6 Å². The third-order valence-corrected chi connectivity index (χ3v) is 5.06. The van der Waals surface area contributed by atoms with Gasteiger partial charge in [0, 0.05) is 11.1 Å². The SMILES string of the molecule is OC(CC1CC(Cc2ccc(F)cc2)CCN1)c1ccc(Cl)cc1. The van der Waals surface area contributed by atoms with Gasteiger partial charge < -0.3 is 10.4 Å². The largest absolute Gasteiger partial charge is 0.388 e. The summed E-state index contributed by atoms with van der Waals surface area (Å²) in [4.78, 5) is 0. The highest BCUT2D eigenvalue weighted by atomic mass is 35.5. The summed E-state index contributed by atoms with van der Waals surface area (Å²) in [5.41, 5.74) is 2.09. The van der Waals surface area contributed by atoms with Gasteiger partial charge in [-0.3, -0.25) is 0 Å². The minimum atomic E-state index is -0.482. The second-order valence-electron chi connectivity index (χ2n) is 6.68. The van der Waals surface area contributed by atoms with E-state index in [1.807, 2.05) is 36.4 Å². The second-order valence-corrected chi connectivity index (χ2v) is 7.11. The van der Waals surface area contributed by atoms with Crippen LogP contribution in [0.3, 0.4) is 0 Å². The van der Waals surface area contributed by atoms with E-state index in [1.54, 1.807) is 0 Å². The zero-order valence-corrected chi connectivity index (χ0v) is 14.3. The molecule has 0 bridgehead atoms. The first-order chi connectivity index (χ1) is 11.6. The Hall–Kier alpha value is -1.42. The van der Waals surface area contributed by atoms with E-state index in [0.29, 0.717) is 23.4 Å². The molecule has 3 unspecified atom stereocenters. The first kappa shape index (κ1) is 17.4. The summed E-state index contributed by atoms with van der Waals surface area (Å²) in [5.74, 6) is 0.382. The molecule has 1 aliphatic heterocycles. The van der Waals surface area contributed by atoms with Gasteiger partial charge in [-0.15, -0.1) is 0 Å². The highest BCUT2D eigenvalue weighted by molar-refractivity contribution is 6.30. The molecule has 24 heavy (non-hydrogen) atoms. The fraction of sp³-hybridized carbons (Fsp3) is 0.400. The lowest BCUT2D eigenvalue weighted by atomic mass is 9.85. The van der Waals surface area contributed by atoms with Crippen LogP contribution in [0, 0.1) is 11.7 Å². The molecule has 0 spiro atoms. The van der Waals surface area contributed by atoms with Gasteiger partial charge in [-0.1, -0.05) is 35.9 Å². The third kappa shape index (κ3) is 4.79. The van der Waals surface area contributed by atoms with Crippen LogP contribution in [0.4, 0.5) is 4.39 Å². The van der Waals surface area contributed by atoms with Crippen molar-refractivity contribution in [3.05, 3.63) is 70.5 Å². The highest BCUT2D eigenvalue weighted by Gasteiger charge is 2.24. The summed E-state index contributed by atoms with van der Waals surface area (Å²) in [7, 11) is 0. The van der Waals surface area contributed by atoms with Gasteiger partial charge in [-0.25, -0.2) is 4.39 Å². The molecular weight excluding hydrogens is 325 g/mol. The molecule has 0 saturated carbocycles. The maximum absolute atomic E-state index is 13.0. The smallest absolute Gasteiger partial charge is 0.123 e. The highest BCUT2D eigenvalue weighted by Crippen LogP contribution is 2.27. The van der Waals surface area contributed by atoms with Crippen LogP contribution in [-0.2, 0) is 6.42 Å². The first-order valence-corrected chi connectivity index (χ1v) is 8.89. The van der Waals surface area contributed by atoms with Crippen LogP contribution in [0.1, 0.15) is 36.5 Å². The summed E-state index contributed by atoms with van der Waals surface area (Å²) < 4.78 is 13.0. The van der Waals surface area contributed by atoms with Crippen LogP contribution >= 0.6 is 11.6 Å². The van der Waals surface area contributed by atoms with E-state index in [4.69, 9.17) is 11.6 Å². The van der Waals surface area contributed by atoms with Gasteiger partial charge in [0.25, 0.3) is 0 Å². The van der Waals surface area contributed by atoms with Crippen LogP contribution < -0.4 is 5.32 Å². The minimum Gasteiger partial charge on any atom is -0.388 e. The normalized spacial score (nSPS) is 22.3. The van der Waals surface area contributed by atoms with Gasteiger partial charge in [0.2, 0.25) is 0 Å². The lowest BCUT2D eigenvalue weighted by molar-refractivity contribution is 0.136. The van der Waals surface area contributed by atoms with Crippen molar-refractivity contribution in [1.82, 2.24) is 5.32 Å².